The van der Waals surface area contributed by atoms with Gasteiger partial charge in [0, 0.05) is 23.8 Å². The van der Waals surface area contributed by atoms with Crippen molar-refractivity contribution in [2.24, 2.45) is 5.92 Å². The maximum absolute atomic E-state index is 5.33. The highest BCUT2D eigenvalue weighted by Gasteiger charge is 2.08. The van der Waals surface area contributed by atoms with E-state index in [4.69, 9.17) is 17.0 Å². The molecule has 20 heavy (non-hydrogen) atoms. The minimum atomic E-state index is 0.545. The average molecular weight is 289 g/mol. The Morgan fingerprint density at radius 2 is 2.15 bits per heavy atom. The molecule has 5 heteroatoms. The molecule has 106 valence electrons. The van der Waals surface area contributed by atoms with Gasteiger partial charge in [0.1, 0.15) is 11.3 Å². The first kappa shape index (κ1) is 14.5. The summed E-state index contributed by atoms with van der Waals surface area (Å²) in [4.78, 5) is 4.37. The second kappa shape index (κ2) is 6.52. The van der Waals surface area contributed by atoms with Gasteiger partial charge < -0.3 is 15.4 Å². The molecule has 0 fully saturated rings. The van der Waals surface area contributed by atoms with Gasteiger partial charge in [-0.1, -0.05) is 13.8 Å². The summed E-state index contributed by atoms with van der Waals surface area (Å²) in [5, 5.41) is 8.01. The molecule has 0 saturated carbocycles. The standard InChI is InChI=1S/C15H19N3OS/c1-10(2)9-17-15(20)18-12-6-7-13(19-3)14-11(12)5-4-8-16-14/h4-8,10H,9H2,1-3H3,(H2,17,18,20). The van der Waals surface area contributed by atoms with E-state index in [-0.39, 0.29) is 0 Å². The van der Waals surface area contributed by atoms with Gasteiger partial charge in [-0.05, 0) is 42.4 Å². The molecule has 1 aromatic heterocycles. The lowest BCUT2D eigenvalue weighted by molar-refractivity contribution is 0.419. The Balaban J connectivity index is 2.25. The van der Waals surface area contributed by atoms with Gasteiger partial charge in [-0.2, -0.15) is 0 Å². The topological polar surface area (TPSA) is 46.2 Å². The SMILES string of the molecule is COc1ccc(NC(=S)NCC(C)C)c2cccnc12. The second-order valence-electron chi connectivity index (χ2n) is 4.94. The first-order valence-corrected chi connectivity index (χ1v) is 6.99. The largest absolute Gasteiger partial charge is 0.494 e. The lowest BCUT2D eigenvalue weighted by Crippen LogP contribution is -2.31. The van der Waals surface area contributed by atoms with Crippen LogP contribution in [0.5, 0.6) is 5.75 Å². The van der Waals surface area contributed by atoms with Crippen molar-refractivity contribution < 1.29 is 4.74 Å². The zero-order chi connectivity index (χ0) is 14.5. The van der Waals surface area contributed by atoms with E-state index in [2.05, 4.69) is 29.5 Å². The van der Waals surface area contributed by atoms with Gasteiger partial charge in [0.15, 0.2) is 5.11 Å². The van der Waals surface area contributed by atoms with E-state index >= 15 is 0 Å². The van der Waals surface area contributed by atoms with E-state index < -0.39 is 0 Å². The van der Waals surface area contributed by atoms with Gasteiger partial charge in [0.25, 0.3) is 0 Å². The molecule has 1 heterocycles. The van der Waals surface area contributed by atoms with Gasteiger partial charge in [0.05, 0.1) is 7.11 Å². The fourth-order valence-electron chi connectivity index (χ4n) is 1.88. The van der Waals surface area contributed by atoms with Gasteiger partial charge >= 0.3 is 0 Å². The number of pyridine rings is 1. The summed E-state index contributed by atoms with van der Waals surface area (Å²) in [5.74, 6) is 1.30. The highest BCUT2D eigenvalue weighted by molar-refractivity contribution is 7.80. The van der Waals surface area contributed by atoms with Crippen LogP contribution in [0.15, 0.2) is 30.5 Å². The van der Waals surface area contributed by atoms with Crippen molar-refractivity contribution in [1.82, 2.24) is 10.3 Å². The third kappa shape index (κ3) is 3.36. The quantitative estimate of drug-likeness (QED) is 0.846. The summed E-state index contributed by atoms with van der Waals surface area (Å²) < 4.78 is 5.33. The Labute approximate surface area is 124 Å². The van der Waals surface area contributed by atoms with Crippen LogP contribution in [-0.4, -0.2) is 23.8 Å². The Morgan fingerprint density at radius 3 is 2.85 bits per heavy atom. The number of nitrogens with zero attached hydrogens (tertiary/aromatic N) is 1. The van der Waals surface area contributed by atoms with Crippen molar-refractivity contribution in [1.29, 1.82) is 0 Å². The fourth-order valence-corrected chi connectivity index (χ4v) is 2.08. The Kier molecular flexibility index (Phi) is 4.74. The third-order valence-electron chi connectivity index (χ3n) is 2.87. The summed E-state index contributed by atoms with van der Waals surface area (Å²) in [6.07, 6.45) is 1.75. The van der Waals surface area contributed by atoms with Gasteiger partial charge in [0.2, 0.25) is 0 Å². The highest BCUT2D eigenvalue weighted by Crippen LogP contribution is 2.29. The van der Waals surface area contributed by atoms with Crippen molar-refractivity contribution in [3.8, 4) is 5.75 Å². The molecule has 0 radical (unpaired) electrons. The minimum Gasteiger partial charge on any atom is -0.494 e. The van der Waals surface area contributed by atoms with Crippen LogP contribution in [0.25, 0.3) is 10.9 Å². The van der Waals surface area contributed by atoms with Crippen molar-refractivity contribution in [3.63, 3.8) is 0 Å². The molecule has 0 saturated heterocycles. The zero-order valence-electron chi connectivity index (χ0n) is 11.9. The Bertz CT molecular complexity index is 613. The maximum atomic E-state index is 5.33. The van der Waals surface area contributed by atoms with E-state index in [1.54, 1.807) is 13.3 Å². The van der Waals surface area contributed by atoms with Crippen LogP contribution in [-0.2, 0) is 0 Å². The van der Waals surface area contributed by atoms with Crippen molar-refractivity contribution in [3.05, 3.63) is 30.5 Å². The molecule has 0 aliphatic carbocycles. The number of methoxy groups -OCH3 is 1. The summed E-state index contributed by atoms with van der Waals surface area (Å²) in [7, 11) is 1.64. The fraction of sp³-hybridized carbons (Fsp3) is 0.333. The molecule has 0 spiro atoms. The van der Waals surface area contributed by atoms with Crippen LogP contribution in [0.3, 0.4) is 0 Å². The molecule has 1 aromatic carbocycles. The van der Waals surface area contributed by atoms with Crippen LogP contribution in [0, 0.1) is 5.92 Å². The molecule has 0 aliphatic heterocycles. The van der Waals surface area contributed by atoms with E-state index in [1.807, 2.05) is 24.3 Å². The Hall–Kier alpha value is -1.88. The lowest BCUT2D eigenvalue weighted by atomic mass is 10.1. The van der Waals surface area contributed by atoms with Gasteiger partial charge in [-0.15, -0.1) is 0 Å². The minimum absolute atomic E-state index is 0.545. The summed E-state index contributed by atoms with van der Waals surface area (Å²) in [6.45, 7) is 5.13. The smallest absolute Gasteiger partial charge is 0.170 e. The number of nitrogens with one attached hydrogen (secondary N) is 2. The predicted octanol–water partition coefficient (Wildman–Crippen LogP) is 3.19. The van der Waals surface area contributed by atoms with Crippen LogP contribution in [0.1, 0.15) is 13.8 Å². The average Bonchev–Trinajstić information content (AvgIpc) is 2.45. The number of thiocarbonyl (C=S) groups is 1. The van der Waals surface area contributed by atoms with Gasteiger partial charge in [-0.25, -0.2) is 0 Å². The summed E-state index contributed by atoms with van der Waals surface area (Å²) >= 11 is 5.30. The van der Waals surface area contributed by atoms with Crippen LogP contribution >= 0.6 is 12.2 Å². The third-order valence-corrected chi connectivity index (χ3v) is 3.12. The normalized spacial score (nSPS) is 10.6. The highest BCUT2D eigenvalue weighted by atomic mass is 32.1. The molecular formula is C15H19N3OS. The molecule has 0 amide bonds. The first-order valence-electron chi connectivity index (χ1n) is 6.58. The molecular weight excluding hydrogens is 270 g/mol. The van der Waals surface area contributed by atoms with Crippen LogP contribution < -0.4 is 15.4 Å². The number of benzene rings is 1. The summed E-state index contributed by atoms with van der Waals surface area (Å²) in [6, 6.07) is 7.74. The number of aromatic nitrogens is 1. The van der Waals surface area contributed by atoms with E-state index in [9.17, 15) is 0 Å². The van der Waals surface area contributed by atoms with Crippen molar-refractivity contribution >= 4 is 33.9 Å². The van der Waals surface area contributed by atoms with E-state index in [1.165, 1.54) is 0 Å². The lowest BCUT2D eigenvalue weighted by Gasteiger charge is -2.14. The van der Waals surface area contributed by atoms with Crippen LogP contribution in [0.2, 0.25) is 0 Å². The van der Waals surface area contributed by atoms with Crippen LogP contribution in [0.4, 0.5) is 5.69 Å². The predicted molar refractivity (Wildman–Crippen MR) is 87.4 cm³/mol. The summed E-state index contributed by atoms with van der Waals surface area (Å²) in [5.41, 5.74) is 1.75. The number of fused-ring (bicyclic) bond motifs is 1. The van der Waals surface area contributed by atoms with Crippen molar-refractivity contribution in [2.75, 3.05) is 19.0 Å². The Morgan fingerprint density at radius 1 is 1.35 bits per heavy atom. The van der Waals surface area contributed by atoms with Crippen molar-refractivity contribution in [2.45, 2.75) is 13.8 Å². The number of rotatable bonds is 4. The first-order chi connectivity index (χ1) is 9.61. The number of hydrogen-bond donors (Lipinski definition) is 2. The second-order valence-corrected chi connectivity index (χ2v) is 5.35. The van der Waals surface area contributed by atoms with Gasteiger partial charge in [-0.3, -0.25) is 4.98 Å². The molecule has 2 N–H and O–H groups in total. The maximum Gasteiger partial charge on any atom is 0.170 e. The molecule has 0 aliphatic rings. The zero-order valence-corrected chi connectivity index (χ0v) is 12.8. The molecule has 2 aromatic rings. The molecule has 0 atom stereocenters. The molecule has 4 nitrogen and oxygen atoms in total. The van der Waals surface area contributed by atoms with E-state index in [0.717, 1.165) is 28.9 Å². The number of hydrogen-bond acceptors (Lipinski definition) is 3. The molecule has 2 rings (SSSR count). The molecule has 0 unspecified atom stereocenters. The monoisotopic (exact) mass is 289 g/mol. The number of anilines is 1. The van der Waals surface area contributed by atoms with E-state index in [0.29, 0.717) is 11.0 Å². The molecule has 0 bridgehead atoms. The number of ether oxygens (including phenoxy) is 1.